The summed E-state index contributed by atoms with van der Waals surface area (Å²) in [4.78, 5) is 33.7. The molecule has 3 aromatic rings. The van der Waals surface area contributed by atoms with Crippen molar-refractivity contribution in [2.75, 3.05) is 13.1 Å². The first-order valence-corrected chi connectivity index (χ1v) is 7.99. The van der Waals surface area contributed by atoms with Crippen LogP contribution < -0.4 is 5.56 Å². The Bertz CT molecular complexity index is 932. The summed E-state index contributed by atoms with van der Waals surface area (Å²) in [5.41, 5.74) is 0.351. The summed E-state index contributed by atoms with van der Waals surface area (Å²) in [5, 5.41) is 8.02. The van der Waals surface area contributed by atoms with Gasteiger partial charge in [0.15, 0.2) is 0 Å². The highest BCUT2D eigenvalue weighted by atomic mass is 16.2. The molecule has 1 saturated heterocycles. The Kier molecular flexibility index (Phi) is 3.60. The number of amides is 1. The van der Waals surface area contributed by atoms with Crippen molar-refractivity contribution >= 4 is 16.7 Å². The average Bonchev–Trinajstić information content (AvgIpc) is 3.17. The Morgan fingerprint density at radius 2 is 2.08 bits per heavy atom. The molecule has 1 atom stereocenters. The number of nitrogens with one attached hydrogen (secondary N) is 2. The van der Waals surface area contributed by atoms with Crippen LogP contribution in [0.3, 0.4) is 0 Å². The number of carbonyl (C=O) groups is 1. The van der Waals surface area contributed by atoms with E-state index in [1.54, 1.807) is 12.1 Å². The van der Waals surface area contributed by atoms with E-state index in [1.165, 1.54) is 12.5 Å². The molecule has 7 heteroatoms. The standard InChI is InChI=1S/C17H17N5O2/c23-16-13-6-2-1-5-12(13)14(8-18-16)17(24)22-7-3-4-11(9-22)15-19-10-20-21-15/h1-2,5-6,8,10-11H,3-4,7,9H2,(H,18,23)(H,19,20,21)/t11-/m0/s1. The Balaban J connectivity index is 1.66. The van der Waals surface area contributed by atoms with Crippen molar-refractivity contribution < 1.29 is 4.79 Å². The lowest BCUT2D eigenvalue weighted by Gasteiger charge is -2.32. The monoisotopic (exact) mass is 323 g/mol. The Hall–Kier alpha value is -2.96. The lowest BCUT2D eigenvalue weighted by atomic mass is 9.96. The summed E-state index contributed by atoms with van der Waals surface area (Å²) in [7, 11) is 0. The number of pyridine rings is 1. The third-order valence-corrected chi connectivity index (χ3v) is 4.57. The molecule has 2 N–H and O–H groups in total. The fourth-order valence-corrected chi connectivity index (χ4v) is 3.35. The van der Waals surface area contributed by atoms with Crippen LogP contribution in [0.4, 0.5) is 0 Å². The number of aromatic nitrogens is 4. The molecule has 1 amide bonds. The SMILES string of the molecule is O=C(c1c[nH]c(=O)c2ccccc12)N1CCC[C@H](c2ncn[nH]2)C1. The number of aromatic amines is 2. The maximum Gasteiger partial charge on any atom is 0.255 e. The van der Waals surface area contributed by atoms with Gasteiger partial charge in [-0.15, -0.1) is 0 Å². The summed E-state index contributed by atoms with van der Waals surface area (Å²) in [6.45, 7) is 1.30. The van der Waals surface area contributed by atoms with Crippen LogP contribution >= 0.6 is 0 Å². The van der Waals surface area contributed by atoms with Crippen molar-refractivity contribution in [2.24, 2.45) is 0 Å². The normalized spacial score (nSPS) is 18.0. The second-order valence-corrected chi connectivity index (χ2v) is 6.04. The fraction of sp³-hybridized carbons (Fsp3) is 0.294. The van der Waals surface area contributed by atoms with Crippen molar-refractivity contribution in [1.82, 2.24) is 25.1 Å². The van der Waals surface area contributed by atoms with Gasteiger partial charge in [-0.3, -0.25) is 14.7 Å². The van der Waals surface area contributed by atoms with E-state index < -0.39 is 0 Å². The molecule has 0 unspecified atom stereocenters. The maximum absolute atomic E-state index is 13.0. The van der Waals surface area contributed by atoms with Gasteiger partial charge >= 0.3 is 0 Å². The molecule has 0 radical (unpaired) electrons. The number of piperidine rings is 1. The second kappa shape index (κ2) is 5.92. The molecule has 24 heavy (non-hydrogen) atoms. The minimum atomic E-state index is -0.180. The van der Waals surface area contributed by atoms with Gasteiger partial charge in [0.05, 0.1) is 5.56 Å². The highest BCUT2D eigenvalue weighted by Gasteiger charge is 2.28. The summed E-state index contributed by atoms with van der Waals surface area (Å²) < 4.78 is 0. The third kappa shape index (κ3) is 2.47. The number of carbonyl (C=O) groups excluding carboxylic acids is 1. The predicted molar refractivity (Wildman–Crippen MR) is 88.8 cm³/mol. The zero-order valence-corrected chi connectivity index (χ0v) is 13.0. The van der Waals surface area contributed by atoms with Crippen LogP contribution in [0.1, 0.15) is 34.9 Å². The van der Waals surface area contributed by atoms with Crippen LogP contribution in [0, 0.1) is 0 Å². The zero-order valence-electron chi connectivity index (χ0n) is 13.0. The van der Waals surface area contributed by atoms with E-state index in [9.17, 15) is 9.59 Å². The molecule has 1 aliphatic heterocycles. The van der Waals surface area contributed by atoms with Gasteiger partial charge in [-0.1, -0.05) is 18.2 Å². The van der Waals surface area contributed by atoms with Gasteiger partial charge < -0.3 is 9.88 Å². The first-order valence-electron chi connectivity index (χ1n) is 7.99. The van der Waals surface area contributed by atoms with Gasteiger partial charge in [-0.2, -0.15) is 5.10 Å². The summed E-state index contributed by atoms with van der Waals surface area (Å²) >= 11 is 0. The molecule has 0 bridgehead atoms. The van der Waals surface area contributed by atoms with E-state index >= 15 is 0 Å². The molecule has 1 aliphatic rings. The number of hydrogen-bond acceptors (Lipinski definition) is 4. The number of fused-ring (bicyclic) bond motifs is 1. The number of hydrogen-bond donors (Lipinski definition) is 2. The molecular formula is C17H17N5O2. The minimum Gasteiger partial charge on any atom is -0.338 e. The lowest BCUT2D eigenvalue weighted by Crippen LogP contribution is -2.39. The first kappa shape index (κ1) is 14.6. The molecule has 3 heterocycles. The van der Waals surface area contributed by atoms with E-state index in [1.807, 2.05) is 17.0 Å². The zero-order chi connectivity index (χ0) is 16.5. The summed E-state index contributed by atoms with van der Waals surface area (Å²) in [6, 6.07) is 7.19. The van der Waals surface area contributed by atoms with Crippen molar-refractivity contribution in [3.63, 3.8) is 0 Å². The highest BCUT2D eigenvalue weighted by Crippen LogP contribution is 2.26. The number of nitrogens with zero attached hydrogens (tertiary/aromatic N) is 3. The van der Waals surface area contributed by atoms with Crippen LogP contribution in [-0.4, -0.2) is 44.1 Å². The second-order valence-electron chi connectivity index (χ2n) is 6.04. The van der Waals surface area contributed by atoms with Crippen molar-refractivity contribution in [3.05, 3.63) is 58.5 Å². The van der Waals surface area contributed by atoms with Crippen molar-refractivity contribution in [1.29, 1.82) is 0 Å². The molecule has 4 rings (SSSR count). The highest BCUT2D eigenvalue weighted by molar-refractivity contribution is 6.06. The molecule has 122 valence electrons. The maximum atomic E-state index is 13.0. The molecule has 0 aliphatic carbocycles. The lowest BCUT2D eigenvalue weighted by molar-refractivity contribution is 0.0706. The van der Waals surface area contributed by atoms with Crippen molar-refractivity contribution in [2.45, 2.75) is 18.8 Å². The summed E-state index contributed by atoms with van der Waals surface area (Å²) in [5.74, 6) is 0.921. The van der Waals surface area contributed by atoms with E-state index in [2.05, 4.69) is 20.2 Å². The van der Waals surface area contributed by atoms with Gasteiger partial charge in [-0.25, -0.2) is 4.98 Å². The van der Waals surface area contributed by atoms with E-state index in [-0.39, 0.29) is 17.4 Å². The van der Waals surface area contributed by atoms with Crippen LogP contribution in [0.25, 0.3) is 10.8 Å². The topological polar surface area (TPSA) is 94.7 Å². The van der Waals surface area contributed by atoms with Crippen LogP contribution in [0.15, 0.2) is 41.6 Å². The van der Waals surface area contributed by atoms with Crippen molar-refractivity contribution in [3.8, 4) is 0 Å². The Morgan fingerprint density at radius 3 is 2.88 bits per heavy atom. The molecule has 7 nitrogen and oxygen atoms in total. The number of rotatable bonds is 2. The van der Waals surface area contributed by atoms with Crippen LogP contribution in [-0.2, 0) is 0 Å². The third-order valence-electron chi connectivity index (χ3n) is 4.57. The molecule has 0 spiro atoms. The largest absolute Gasteiger partial charge is 0.338 e. The first-order chi connectivity index (χ1) is 11.7. The molecule has 2 aromatic heterocycles. The predicted octanol–water partition coefficient (Wildman–Crippen LogP) is 1.67. The quantitative estimate of drug-likeness (QED) is 0.750. The van der Waals surface area contributed by atoms with E-state index in [0.717, 1.165) is 18.7 Å². The Labute approximate surface area is 137 Å². The van der Waals surface area contributed by atoms with Gasteiger partial charge in [0.25, 0.3) is 11.5 Å². The number of benzene rings is 1. The van der Waals surface area contributed by atoms with Gasteiger partial charge in [0.2, 0.25) is 0 Å². The molecule has 0 saturated carbocycles. The molecule has 1 aromatic carbocycles. The van der Waals surface area contributed by atoms with Crippen LogP contribution in [0.5, 0.6) is 0 Å². The fourth-order valence-electron chi connectivity index (χ4n) is 3.35. The van der Waals surface area contributed by atoms with Gasteiger partial charge in [0, 0.05) is 36.0 Å². The summed E-state index contributed by atoms with van der Waals surface area (Å²) in [6.07, 6.45) is 4.90. The van der Waals surface area contributed by atoms with Gasteiger partial charge in [-0.05, 0) is 18.9 Å². The van der Waals surface area contributed by atoms with E-state index in [0.29, 0.717) is 29.4 Å². The molecular weight excluding hydrogens is 306 g/mol. The minimum absolute atomic E-state index is 0.0633. The number of H-pyrrole nitrogens is 2. The molecule has 1 fully saturated rings. The van der Waals surface area contributed by atoms with E-state index in [4.69, 9.17) is 0 Å². The Morgan fingerprint density at radius 1 is 1.25 bits per heavy atom. The average molecular weight is 323 g/mol. The van der Waals surface area contributed by atoms with Crippen LogP contribution in [0.2, 0.25) is 0 Å². The number of likely N-dealkylation sites (tertiary alicyclic amines) is 1. The van der Waals surface area contributed by atoms with Gasteiger partial charge in [0.1, 0.15) is 12.2 Å². The smallest absolute Gasteiger partial charge is 0.255 e.